The van der Waals surface area contributed by atoms with E-state index < -0.39 is 0 Å². The summed E-state index contributed by atoms with van der Waals surface area (Å²) in [6.07, 6.45) is 2.16. The molecule has 6 nitrogen and oxygen atoms in total. The van der Waals surface area contributed by atoms with Gasteiger partial charge in [0.05, 0.1) is 29.6 Å². The van der Waals surface area contributed by atoms with Gasteiger partial charge in [0, 0.05) is 19.0 Å². The number of hydrogen-bond donors (Lipinski definition) is 2. The minimum Gasteiger partial charge on any atom is -0.459 e. The first-order valence-corrected chi connectivity index (χ1v) is 8.47. The number of ether oxygens (including phenoxy) is 1. The smallest absolute Gasteiger partial charge is 0.286 e. The lowest BCUT2D eigenvalue weighted by molar-refractivity contribution is 0.0841. The van der Waals surface area contributed by atoms with E-state index in [0.717, 1.165) is 6.42 Å². The summed E-state index contributed by atoms with van der Waals surface area (Å²) in [5, 5.41) is 6.09. The summed E-state index contributed by atoms with van der Waals surface area (Å²) in [7, 11) is 0. The minimum absolute atomic E-state index is 0.0723. The second-order valence-electron chi connectivity index (χ2n) is 5.93. The third-order valence-corrected chi connectivity index (χ3v) is 4.40. The fourth-order valence-electron chi connectivity index (χ4n) is 2.74. The van der Waals surface area contributed by atoms with E-state index in [9.17, 15) is 9.59 Å². The standard InChI is InChI=1S/C18H19ClN2O4/c19-15-5-2-1-4-14(15)17(22)21-10-13-8-12(11-25-13)9-20-18(23)16-6-3-7-24-16/h1-7,12-13H,8-11H2,(H,20,23)(H,21,22). The van der Waals surface area contributed by atoms with Crippen LogP contribution in [0.4, 0.5) is 0 Å². The van der Waals surface area contributed by atoms with Crippen molar-refractivity contribution in [2.24, 2.45) is 5.92 Å². The summed E-state index contributed by atoms with van der Waals surface area (Å²) >= 11 is 6.01. The zero-order chi connectivity index (χ0) is 17.6. The molecule has 132 valence electrons. The molecule has 2 amide bonds. The molecule has 2 aromatic rings. The lowest BCUT2D eigenvalue weighted by atomic mass is 10.1. The second-order valence-corrected chi connectivity index (χ2v) is 6.34. The van der Waals surface area contributed by atoms with Crippen molar-refractivity contribution in [2.75, 3.05) is 19.7 Å². The molecule has 1 fully saturated rings. The molecule has 1 aliphatic heterocycles. The maximum Gasteiger partial charge on any atom is 0.286 e. The highest BCUT2D eigenvalue weighted by atomic mass is 35.5. The highest BCUT2D eigenvalue weighted by Gasteiger charge is 2.26. The maximum atomic E-state index is 12.1. The largest absolute Gasteiger partial charge is 0.459 e. The average Bonchev–Trinajstić information content (AvgIpc) is 3.30. The van der Waals surface area contributed by atoms with E-state index in [1.165, 1.54) is 6.26 Å². The second kappa shape index (κ2) is 8.18. The zero-order valence-corrected chi connectivity index (χ0v) is 14.3. The number of carbonyl (C=O) groups excluding carboxylic acids is 2. The summed E-state index contributed by atoms with van der Waals surface area (Å²) in [5.41, 5.74) is 0.449. The number of furan rings is 1. The van der Waals surface area contributed by atoms with E-state index in [1.807, 2.05) is 0 Å². The fourth-order valence-corrected chi connectivity index (χ4v) is 2.97. The average molecular weight is 363 g/mol. The predicted octanol–water partition coefficient (Wildman–Crippen LogP) is 2.50. The van der Waals surface area contributed by atoms with Gasteiger partial charge in [-0.05, 0) is 30.7 Å². The summed E-state index contributed by atoms with van der Waals surface area (Å²) in [6.45, 7) is 1.46. The van der Waals surface area contributed by atoms with E-state index in [0.29, 0.717) is 36.0 Å². The number of halogens is 1. The van der Waals surface area contributed by atoms with Gasteiger partial charge in [0.1, 0.15) is 0 Å². The van der Waals surface area contributed by atoms with Crippen LogP contribution in [0.1, 0.15) is 27.3 Å². The molecule has 2 atom stereocenters. The molecule has 2 N–H and O–H groups in total. The number of hydrogen-bond acceptors (Lipinski definition) is 4. The topological polar surface area (TPSA) is 80.6 Å². The Bertz CT molecular complexity index is 732. The van der Waals surface area contributed by atoms with Crippen LogP contribution in [-0.2, 0) is 4.74 Å². The van der Waals surface area contributed by atoms with Gasteiger partial charge in [-0.25, -0.2) is 0 Å². The predicted molar refractivity (Wildman–Crippen MR) is 92.7 cm³/mol. The third kappa shape index (κ3) is 4.61. The van der Waals surface area contributed by atoms with Crippen LogP contribution in [0.2, 0.25) is 5.02 Å². The molecular formula is C18H19ClN2O4. The normalized spacial score (nSPS) is 19.6. The lowest BCUT2D eigenvalue weighted by Gasteiger charge is -2.12. The summed E-state index contributed by atoms with van der Waals surface area (Å²) in [5.74, 6) is 0.0489. The van der Waals surface area contributed by atoms with Crippen LogP contribution in [0.5, 0.6) is 0 Å². The summed E-state index contributed by atoms with van der Waals surface area (Å²) < 4.78 is 10.7. The monoisotopic (exact) mass is 362 g/mol. The number of nitrogens with one attached hydrogen (secondary N) is 2. The molecule has 0 bridgehead atoms. The molecule has 1 aromatic carbocycles. The van der Waals surface area contributed by atoms with Gasteiger partial charge in [-0.2, -0.15) is 0 Å². The van der Waals surface area contributed by atoms with E-state index in [2.05, 4.69) is 10.6 Å². The van der Waals surface area contributed by atoms with Crippen LogP contribution < -0.4 is 10.6 Å². The molecule has 0 spiro atoms. The first kappa shape index (κ1) is 17.5. The number of amides is 2. The van der Waals surface area contributed by atoms with Crippen molar-refractivity contribution < 1.29 is 18.7 Å². The van der Waals surface area contributed by atoms with Crippen LogP contribution >= 0.6 is 11.6 Å². The van der Waals surface area contributed by atoms with Gasteiger partial charge in [0.2, 0.25) is 0 Å². The summed E-state index contributed by atoms with van der Waals surface area (Å²) in [4.78, 5) is 24.0. The maximum absolute atomic E-state index is 12.1. The Morgan fingerprint density at radius 1 is 1.08 bits per heavy atom. The van der Waals surface area contributed by atoms with Gasteiger partial charge in [-0.1, -0.05) is 23.7 Å². The van der Waals surface area contributed by atoms with E-state index in [1.54, 1.807) is 36.4 Å². The highest BCUT2D eigenvalue weighted by Crippen LogP contribution is 2.19. The molecule has 7 heteroatoms. The minimum atomic E-state index is -0.236. The zero-order valence-electron chi connectivity index (χ0n) is 13.5. The molecule has 0 aliphatic carbocycles. The molecule has 1 aliphatic rings. The molecule has 0 radical (unpaired) electrons. The molecule has 3 rings (SSSR count). The number of rotatable bonds is 6. The third-order valence-electron chi connectivity index (χ3n) is 4.07. The first-order valence-electron chi connectivity index (χ1n) is 8.09. The van der Waals surface area contributed by atoms with Crippen molar-refractivity contribution in [1.29, 1.82) is 0 Å². The van der Waals surface area contributed by atoms with Gasteiger partial charge in [0.25, 0.3) is 11.8 Å². The molecule has 2 heterocycles. The molecular weight excluding hydrogens is 344 g/mol. The number of benzene rings is 1. The van der Waals surface area contributed by atoms with Crippen molar-refractivity contribution in [3.63, 3.8) is 0 Å². The van der Waals surface area contributed by atoms with Gasteiger partial charge < -0.3 is 19.8 Å². The first-order chi connectivity index (χ1) is 12.1. The quantitative estimate of drug-likeness (QED) is 0.827. The van der Waals surface area contributed by atoms with Crippen LogP contribution in [0.25, 0.3) is 0 Å². The summed E-state index contributed by atoms with van der Waals surface area (Å²) in [6, 6.07) is 10.2. The molecule has 1 aromatic heterocycles. The van der Waals surface area contributed by atoms with Crippen LogP contribution in [-0.4, -0.2) is 37.6 Å². The van der Waals surface area contributed by atoms with Crippen molar-refractivity contribution in [3.8, 4) is 0 Å². The molecule has 2 unspecified atom stereocenters. The molecule has 0 saturated carbocycles. The van der Waals surface area contributed by atoms with E-state index in [4.69, 9.17) is 20.8 Å². The Labute approximate surface area is 150 Å². The van der Waals surface area contributed by atoms with Crippen molar-refractivity contribution in [1.82, 2.24) is 10.6 Å². The van der Waals surface area contributed by atoms with Crippen molar-refractivity contribution in [2.45, 2.75) is 12.5 Å². The van der Waals surface area contributed by atoms with E-state index >= 15 is 0 Å². The highest BCUT2D eigenvalue weighted by molar-refractivity contribution is 6.33. The van der Waals surface area contributed by atoms with Gasteiger partial charge >= 0.3 is 0 Å². The van der Waals surface area contributed by atoms with Gasteiger partial charge in [-0.15, -0.1) is 0 Å². The Balaban J connectivity index is 1.40. The lowest BCUT2D eigenvalue weighted by Crippen LogP contribution is -2.32. The molecule has 1 saturated heterocycles. The number of carbonyl (C=O) groups is 2. The van der Waals surface area contributed by atoms with Gasteiger partial charge in [0.15, 0.2) is 5.76 Å². The molecule has 25 heavy (non-hydrogen) atoms. The van der Waals surface area contributed by atoms with Crippen molar-refractivity contribution >= 4 is 23.4 Å². The van der Waals surface area contributed by atoms with Crippen molar-refractivity contribution in [3.05, 3.63) is 59.0 Å². The van der Waals surface area contributed by atoms with E-state index in [-0.39, 0.29) is 23.8 Å². The van der Waals surface area contributed by atoms with Crippen LogP contribution in [0.15, 0.2) is 47.1 Å². The Morgan fingerprint density at radius 2 is 1.88 bits per heavy atom. The fraction of sp³-hybridized carbons (Fsp3) is 0.333. The van der Waals surface area contributed by atoms with Crippen LogP contribution in [0, 0.1) is 5.92 Å². The Hall–Kier alpha value is -2.31. The van der Waals surface area contributed by atoms with Gasteiger partial charge in [-0.3, -0.25) is 9.59 Å². The Morgan fingerprint density at radius 3 is 2.64 bits per heavy atom. The SMILES string of the molecule is O=C(NCC1COC(CNC(=O)c2ccccc2Cl)C1)c1ccco1. The van der Waals surface area contributed by atoms with Crippen LogP contribution in [0.3, 0.4) is 0 Å². The Kier molecular flexibility index (Phi) is 5.73.